The fourth-order valence-corrected chi connectivity index (χ4v) is 12.0. The van der Waals surface area contributed by atoms with E-state index in [4.69, 9.17) is 4.43 Å². The summed E-state index contributed by atoms with van der Waals surface area (Å²) in [6.07, 6.45) is 0.871. The van der Waals surface area contributed by atoms with Crippen LogP contribution in [-0.4, -0.2) is 37.8 Å². The molecule has 4 nitrogen and oxygen atoms in total. The Bertz CT molecular complexity index is 744. The lowest BCUT2D eigenvalue weighted by Crippen LogP contribution is -2.54. The highest BCUT2D eigenvalue weighted by Gasteiger charge is 2.52. The van der Waals surface area contributed by atoms with Gasteiger partial charge in [0.15, 0.2) is 8.32 Å². The van der Waals surface area contributed by atoms with Crippen molar-refractivity contribution in [1.29, 1.82) is 0 Å². The highest BCUT2D eigenvalue weighted by molar-refractivity contribution is 14.1. The fourth-order valence-electron chi connectivity index (χ4n) is 6.01. The zero-order valence-electron chi connectivity index (χ0n) is 19.2. The lowest BCUT2D eigenvalue weighted by Gasteiger charge is -2.43. The van der Waals surface area contributed by atoms with E-state index >= 15 is 0 Å². The summed E-state index contributed by atoms with van der Waals surface area (Å²) in [6, 6.07) is 10.6. The van der Waals surface area contributed by atoms with Crippen molar-refractivity contribution >= 4 is 36.8 Å². The number of hydrogen-bond donors (Lipinski definition) is 1. The molecule has 0 aromatic heterocycles. The van der Waals surface area contributed by atoms with Crippen molar-refractivity contribution in [3.63, 3.8) is 0 Å². The van der Waals surface area contributed by atoms with Gasteiger partial charge < -0.3 is 9.74 Å². The van der Waals surface area contributed by atoms with Crippen LogP contribution in [0.4, 0.5) is 0 Å². The molecule has 1 aromatic carbocycles. The van der Waals surface area contributed by atoms with Crippen molar-refractivity contribution in [2.75, 3.05) is 6.61 Å². The Labute approximate surface area is 197 Å². The number of carbonyl (C=O) groups is 1. The average molecular weight is 541 g/mol. The van der Waals surface area contributed by atoms with E-state index in [0.29, 0.717) is 22.5 Å². The Morgan fingerprint density at radius 3 is 2.27 bits per heavy atom. The largest absolute Gasteiger partial charge is 0.416 e. The van der Waals surface area contributed by atoms with Crippen LogP contribution >= 0.6 is 22.6 Å². The number of fused-ring (bicyclic) bond motifs is 2. The summed E-state index contributed by atoms with van der Waals surface area (Å²) < 4.78 is 9.02. The molecule has 0 unspecified atom stereocenters. The van der Waals surface area contributed by atoms with Crippen LogP contribution in [-0.2, 0) is 15.8 Å². The topological polar surface area (TPSA) is 41.6 Å². The Balaban J connectivity index is 1.86. The van der Waals surface area contributed by atoms with Crippen molar-refractivity contribution in [2.45, 2.75) is 83.2 Å². The van der Waals surface area contributed by atoms with Crippen LogP contribution in [0, 0.1) is 5.92 Å². The molecule has 1 N–H and O–H groups in total. The van der Waals surface area contributed by atoms with Crippen molar-refractivity contribution in [3.8, 4) is 0 Å². The average Bonchev–Trinajstić information content (AvgIpc) is 2.97. The summed E-state index contributed by atoms with van der Waals surface area (Å²) in [7, 11) is -1.93. The van der Waals surface area contributed by atoms with Crippen LogP contribution in [0.3, 0.4) is 0 Å². The molecule has 0 radical (unpaired) electrons. The zero-order chi connectivity index (χ0) is 22.1. The molecule has 2 saturated heterocycles. The highest BCUT2D eigenvalue weighted by Crippen LogP contribution is 2.45. The summed E-state index contributed by atoms with van der Waals surface area (Å²) in [4.78, 5) is 15.3. The van der Waals surface area contributed by atoms with Gasteiger partial charge in [-0.3, -0.25) is 9.69 Å². The maximum absolute atomic E-state index is 12.9. The number of piperazine rings is 1. The molecular weight excluding hydrogens is 503 g/mol. The molecule has 2 heterocycles. The summed E-state index contributed by atoms with van der Waals surface area (Å²) in [5, 5.41) is 3.17. The third-order valence-electron chi connectivity index (χ3n) is 7.20. The van der Waals surface area contributed by atoms with Crippen molar-refractivity contribution in [1.82, 2.24) is 10.2 Å². The van der Waals surface area contributed by atoms with Crippen LogP contribution in [0.2, 0.25) is 16.6 Å². The van der Waals surface area contributed by atoms with Crippen LogP contribution in [0.5, 0.6) is 0 Å². The van der Waals surface area contributed by atoms with Crippen molar-refractivity contribution in [3.05, 3.63) is 45.7 Å². The Morgan fingerprint density at radius 1 is 1.13 bits per heavy atom. The molecular formula is C24H37IN2O2Si. The number of amides is 1. The smallest absolute Gasteiger partial charge is 0.241 e. The first-order chi connectivity index (χ1) is 14.2. The van der Waals surface area contributed by atoms with Gasteiger partial charge in [0, 0.05) is 24.8 Å². The van der Waals surface area contributed by atoms with E-state index < -0.39 is 8.32 Å². The Morgan fingerprint density at radius 2 is 1.73 bits per heavy atom. The molecule has 166 valence electrons. The minimum absolute atomic E-state index is 0.0721. The van der Waals surface area contributed by atoms with Gasteiger partial charge in [0.25, 0.3) is 0 Å². The summed E-state index contributed by atoms with van der Waals surface area (Å²) in [5.74, 6) is 0.467. The van der Waals surface area contributed by atoms with Crippen LogP contribution in [0.1, 0.15) is 53.5 Å². The van der Waals surface area contributed by atoms with Crippen molar-refractivity contribution in [2.24, 2.45) is 5.92 Å². The molecule has 6 heteroatoms. The predicted molar refractivity (Wildman–Crippen MR) is 135 cm³/mol. The molecule has 2 fully saturated rings. The first-order valence-electron chi connectivity index (χ1n) is 11.3. The van der Waals surface area contributed by atoms with Crippen LogP contribution in [0.15, 0.2) is 40.1 Å². The number of carbonyl (C=O) groups excluding carboxylic acids is 1. The van der Waals surface area contributed by atoms with Crippen LogP contribution < -0.4 is 5.32 Å². The minimum atomic E-state index is -1.93. The second-order valence-electron chi connectivity index (χ2n) is 9.80. The maximum Gasteiger partial charge on any atom is 0.241 e. The monoisotopic (exact) mass is 540 g/mol. The molecule has 0 spiro atoms. The molecule has 30 heavy (non-hydrogen) atoms. The standard InChI is InChI=1S/C24H37IN2O2Si/c1-16(2)30(17(3)4,18(5)6)29-15-20-12-22-24(28)26-21(13-25)23(20)27(22)14-19-10-8-7-9-11-19/h7-11,13,16-18,20,22-23H,12,14-15H2,1-6H3,(H,26,28)/b21-13-/t20-,22-,23+/m0/s1. The summed E-state index contributed by atoms with van der Waals surface area (Å²) in [6.45, 7) is 15.6. The molecule has 2 bridgehead atoms. The van der Waals surface area contributed by atoms with E-state index in [1.165, 1.54) is 5.56 Å². The normalized spacial score (nSPS) is 26.3. The van der Waals surface area contributed by atoms with E-state index in [1.54, 1.807) is 0 Å². The fraction of sp³-hybridized carbons (Fsp3) is 0.625. The van der Waals surface area contributed by atoms with Gasteiger partial charge in [-0.2, -0.15) is 0 Å². The second kappa shape index (κ2) is 9.84. The van der Waals surface area contributed by atoms with Crippen LogP contribution in [0.25, 0.3) is 0 Å². The predicted octanol–water partition coefficient (Wildman–Crippen LogP) is 5.84. The van der Waals surface area contributed by atoms with Gasteiger partial charge in [-0.15, -0.1) is 0 Å². The molecule has 3 atom stereocenters. The van der Waals surface area contributed by atoms with E-state index in [0.717, 1.165) is 25.3 Å². The number of hydrogen-bond acceptors (Lipinski definition) is 3. The number of benzene rings is 1. The van der Waals surface area contributed by atoms with Gasteiger partial charge in [-0.25, -0.2) is 0 Å². The number of nitrogens with zero attached hydrogens (tertiary/aromatic N) is 1. The van der Waals surface area contributed by atoms with Gasteiger partial charge in [0.2, 0.25) is 5.91 Å². The van der Waals surface area contributed by atoms with Gasteiger partial charge in [-0.05, 0) is 32.7 Å². The molecule has 2 aliphatic heterocycles. The Hall–Kier alpha value is -0.703. The molecule has 2 aliphatic rings. The lowest BCUT2D eigenvalue weighted by molar-refractivity contribution is -0.127. The van der Waals surface area contributed by atoms with E-state index in [9.17, 15) is 4.79 Å². The Kier molecular flexibility index (Phi) is 7.85. The van der Waals surface area contributed by atoms with E-state index in [1.807, 2.05) is 10.1 Å². The lowest BCUT2D eigenvalue weighted by atomic mass is 9.99. The van der Waals surface area contributed by atoms with Crippen molar-refractivity contribution < 1.29 is 9.22 Å². The third kappa shape index (κ3) is 4.43. The second-order valence-corrected chi connectivity index (χ2v) is 15.9. The molecule has 1 amide bonds. The molecule has 0 saturated carbocycles. The number of halogens is 1. The number of nitrogens with one attached hydrogen (secondary N) is 1. The quantitative estimate of drug-likeness (QED) is 0.333. The van der Waals surface area contributed by atoms with E-state index in [2.05, 4.69) is 98.6 Å². The van der Waals surface area contributed by atoms with Gasteiger partial charge in [0.05, 0.1) is 12.1 Å². The van der Waals surface area contributed by atoms with Gasteiger partial charge in [-0.1, -0.05) is 94.5 Å². The zero-order valence-corrected chi connectivity index (χ0v) is 22.3. The number of rotatable bonds is 8. The maximum atomic E-state index is 12.9. The first kappa shape index (κ1) is 23.9. The molecule has 0 aliphatic carbocycles. The molecule has 3 rings (SSSR count). The third-order valence-corrected chi connectivity index (χ3v) is 14.0. The van der Waals surface area contributed by atoms with Gasteiger partial charge in [0.1, 0.15) is 0 Å². The van der Waals surface area contributed by atoms with E-state index in [-0.39, 0.29) is 18.0 Å². The highest BCUT2D eigenvalue weighted by atomic mass is 127. The first-order valence-corrected chi connectivity index (χ1v) is 14.7. The summed E-state index contributed by atoms with van der Waals surface area (Å²) in [5.41, 5.74) is 3.99. The minimum Gasteiger partial charge on any atom is -0.416 e. The summed E-state index contributed by atoms with van der Waals surface area (Å²) >= 11 is 2.27. The molecule has 1 aromatic rings. The SMILES string of the molecule is CC(C)[Si](OC[C@@H]1C[C@H]2C(=O)N/C(=C\I)[C@@H]1N2Cc1ccccc1)(C(C)C)C(C)C. The van der Waals surface area contributed by atoms with Gasteiger partial charge >= 0.3 is 0 Å².